The maximum atomic E-state index is 11.5. The molecule has 1 N–H and O–H groups in total. The van der Waals surface area contributed by atoms with Crippen LogP contribution in [0, 0.1) is 11.8 Å². The molecule has 4 nitrogen and oxygen atoms in total. The average molecular weight is 281 g/mol. The molecule has 0 saturated carbocycles. The quantitative estimate of drug-likeness (QED) is 0.692. The van der Waals surface area contributed by atoms with E-state index in [2.05, 4.69) is 17.2 Å². The number of furan rings is 1. The molecule has 0 bridgehead atoms. The van der Waals surface area contributed by atoms with Gasteiger partial charge in [-0.25, -0.2) is 0 Å². The van der Waals surface area contributed by atoms with E-state index < -0.39 is 0 Å². The normalized spacial score (nSPS) is 9.95. The fourth-order valence-corrected chi connectivity index (χ4v) is 1.62. The van der Waals surface area contributed by atoms with Gasteiger partial charge in [-0.3, -0.25) is 4.79 Å². The maximum Gasteiger partial charge on any atom is 0.244 e. The maximum absolute atomic E-state index is 11.5. The van der Waals surface area contributed by atoms with Crippen LogP contribution in [-0.2, 0) is 4.79 Å². The van der Waals surface area contributed by atoms with Crippen LogP contribution in [0.3, 0.4) is 0 Å². The summed E-state index contributed by atoms with van der Waals surface area (Å²) in [4.78, 5) is 11.5. The van der Waals surface area contributed by atoms with Crippen molar-refractivity contribution in [2.45, 2.75) is 0 Å². The van der Waals surface area contributed by atoms with Gasteiger partial charge in [-0.05, 0) is 30.3 Å². The highest BCUT2D eigenvalue weighted by Crippen LogP contribution is 2.15. The van der Waals surface area contributed by atoms with E-state index in [0.717, 1.165) is 5.56 Å². The highest BCUT2D eigenvalue weighted by molar-refractivity contribution is 5.91. The van der Waals surface area contributed by atoms with Crippen LogP contribution in [0.25, 0.3) is 6.08 Å². The molecule has 2 rings (SSSR count). The average Bonchev–Trinajstić information content (AvgIpc) is 3.03. The van der Waals surface area contributed by atoms with Gasteiger partial charge in [0.1, 0.15) is 11.5 Å². The Labute approximate surface area is 123 Å². The van der Waals surface area contributed by atoms with Crippen molar-refractivity contribution in [1.29, 1.82) is 0 Å². The van der Waals surface area contributed by atoms with Crippen LogP contribution >= 0.6 is 0 Å². The number of ether oxygens (including phenoxy) is 1. The Morgan fingerprint density at radius 3 is 2.95 bits per heavy atom. The molecule has 21 heavy (non-hydrogen) atoms. The Morgan fingerprint density at radius 2 is 2.19 bits per heavy atom. The van der Waals surface area contributed by atoms with E-state index in [1.54, 1.807) is 31.6 Å². The molecule has 0 aliphatic rings. The second-order valence-corrected chi connectivity index (χ2v) is 4.07. The molecule has 1 amide bonds. The predicted octanol–water partition coefficient (Wildman–Crippen LogP) is 2.47. The second-order valence-electron chi connectivity index (χ2n) is 4.07. The molecule has 0 radical (unpaired) electrons. The third kappa shape index (κ3) is 4.59. The van der Waals surface area contributed by atoms with Gasteiger partial charge in [0.25, 0.3) is 0 Å². The summed E-state index contributed by atoms with van der Waals surface area (Å²) in [6, 6.07) is 11.0. The summed E-state index contributed by atoms with van der Waals surface area (Å²) < 4.78 is 10.3. The highest BCUT2D eigenvalue weighted by atomic mass is 16.5. The van der Waals surface area contributed by atoms with Gasteiger partial charge in [0.2, 0.25) is 5.91 Å². The zero-order valence-electron chi connectivity index (χ0n) is 11.6. The first-order valence-corrected chi connectivity index (χ1v) is 6.41. The summed E-state index contributed by atoms with van der Waals surface area (Å²) in [6.07, 6.45) is 4.56. The van der Waals surface area contributed by atoms with Crippen LogP contribution in [0.2, 0.25) is 0 Å². The number of benzene rings is 1. The van der Waals surface area contributed by atoms with E-state index in [9.17, 15) is 4.79 Å². The first kappa shape index (κ1) is 14.5. The lowest BCUT2D eigenvalue weighted by atomic mass is 10.2. The van der Waals surface area contributed by atoms with E-state index in [-0.39, 0.29) is 12.5 Å². The molecule has 0 aliphatic heterocycles. The van der Waals surface area contributed by atoms with Crippen LogP contribution in [0.4, 0.5) is 0 Å². The number of carbonyl (C=O) groups excluding carboxylic acids is 1. The minimum atomic E-state index is -0.222. The van der Waals surface area contributed by atoms with Crippen LogP contribution in [-0.4, -0.2) is 19.6 Å². The van der Waals surface area contributed by atoms with Crippen molar-refractivity contribution in [2.75, 3.05) is 13.7 Å². The predicted molar refractivity (Wildman–Crippen MR) is 80.6 cm³/mol. The van der Waals surface area contributed by atoms with E-state index >= 15 is 0 Å². The van der Waals surface area contributed by atoms with Crippen molar-refractivity contribution >= 4 is 12.0 Å². The van der Waals surface area contributed by atoms with Gasteiger partial charge < -0.3 is 14.5 Å². The lowest BCUT2D eigenvalue weighted by Crippen LogP contribution is -2.20. The van der Waals surface area contributed by atoms with Crippen molar-refractivity contribution in [3.05, 3.63) is 60.1 Å². The summed E-state index contributed by atoms with van der Waals surface area (Å²) in [5.41, 5.74) is 0.792. The molecule has 1 aromatic heterocycles. The molecule has 0 atom stereocenters. The van der Waals surface area contributed by atoms with Crippen LogP contribution in [0.5, 0.6) is 5.75 Å². The van der Waals surface area contributed by atoms with Gasteiger partial charge in [-0.1, -0.05) is 24.0 Å². The molecule has 0 spiro atoms. The number of para-hydroxylation sites is 1. The number of hydrogen-bond acceptors (Lipinski definition) is 3. The lowest BCUT2D eigenvalue weighted by Gasteiger charge is -2.01. The monoisotopic (exact) mass is 281 g/mol. The Balaban J connectivity index is 1.84. The first-order valence-electron chi connectivity index (χ1n) is 6.41. The summed E-state index contributed by atoms with van der Waals surface area (Å²) in [6.45, 7) is 0.263. The molecule has 0 fully saturated rings. The Morgan fingerprint density at radius 1 is 1.33 bits per heavy atom. The van der Waals surface area contributed by atoms with Crippen molar-refractivity contribution in [1.82, 2.24) is 5.32 Å². The zero-order valence-corrected chi connectivity index (χ0v) is 11.6. The topological polar surface area (TPSA) is 51.5 Å². The van der Waals surface area contributed by atoms with Crippen molar-refractivity contribution < 1.29 is 13.9 Å². The Kier molecular flexibility index (Phi) is 5.25. The van der Waals surface area contributed by atoms with Crippen molar-refractivity contribution in [3.8, 4) is 17.6 Å². The summed E-state index contributed by atoms with van der Waals surface area (Å²) >= 11 is 0. The summed E-state index contributed by atoms with van der Waals surface area (Å²) in [7, 11) is 1.60. The number of nitrogens with one attached hydrogen (secondary N) is 1. The smallest absolute Gasteiger partial charge is 0.244 e. The van der Waals surface area contributed by atoms with E-state index in [1.807, 2.05) is 24.3 Å². The van der Waals surface area contributed by atoms with Crippen molar-refractivity contribution in [2.24, 2.45) is 0 Å². The molecule has 1 aromatic carbocycles. The lowest BCUT2D eigenvalue weighted by molar-refractivity contribution is -0.116. The number of methoxy groups -OCH3 is 1. The minimum Gasteiger partial charge on any atom is -0.495 e. The minimum absolute atomic E-state index is 0.222. The van der Waals surface area contributed by atoms with E-state index in [0.29, 0.717) is 11.5 Å². The molecule has 4 heteroatoms. The van der Waals surface area contributed by atoms with Gasteiger partial charge in [-0.15, -0.1) is 0 Å². The summed E-state index contributed by atoms with van der Waals surface area (Å²) in [5, 5.41) is 2.67. The number of amides is 1. The van der Waals surface area contributed by atoms with Crippen molar-refractivity contribution in [3.63, 3.8) is 0 Å². The van der Waals surface area contributed by atoms with E-state index in [4.69, 9.17) is 9.15 Å². The first-order chi connectivity index (χ1) is 10.3. The van der Waals surface area contributed by atoms with Gasteiger partial charge in [0, 0.05) is 6.08 Å². The fraction of sp³-hybridized carbons (Fsp3) is 0.118. The largest absolute Gasteiger partial charge is 0.495 e. The van der Waals surface area contributed by atoms with Crippen LogP contribution < -0.4 is 10.1 Å². The number of rotatable bonds is 4. The molecule has 1 heterocycles. The number of carbonyl (C=O) groups is 1. The molecule has 0 aliphatic carbocycles. The third-order valence-corrected chi connectivity index (χ3v) is 2.62. The van der Waals surface area contributed by atoms with Gasteiger partial charge in [0.05, 0.1) is 25.5 Å². The Bertz CT molecular complexity index is 676. The number of hydrogen-bond donors (Lipinski definition) is 1. The molecule has 106 valence electrons. The van der Waals surface area contributed by atoms with Gasteiger partial charge in [0.15, 0.2) is 0 Å². The summed E-state index contributed by atoms with van der Waals surface area (Å²) in [5.74, 6) is 6.96. The second kappa shape index (κ2) is 7.61. The molecule has 2 aromatic rings. The fourth-order valence-electron chi connectivity index (χ4n) is 1.62. The molecular weight excluding hydrogens is 266 g/mol. The highest BCUT2D eigenvalue weighted by Gasteiger charge is 1.97. The van der Waals surface area contributed by atoms with Crippen LogP contribution in [0.15, 0.2) is 53.2 Å². The SMILES string of the molecule is COc1ccccc1C#CCNC(=O)/C=C/c1ccco1. The van der Waals surface area contributed by atoms with Crippen LogP contribution in [0.1, 0.15) is 11.3 Å². The molecule has 0 saturated heterocycles. The third-order valence-electron chi connectivity index (χ3n) is 2.62. The molecular formula is C17H15NO3. The molecule has 0 unspecified atom stereocenters. The van der Waals surface area contributed by atoms with Gasteiger partial charge in [-0.2, -0.15) is 0 Å². The van der Waals surface area contributed by atoms with E-state index in [1.165, 1.54) is 6.08 Å². The van der Waals surface area contributed by atoms with Gasteiger partial charge >= 0.3 is 0 Å². The Hall–Kier alpha value is -2.93. The zero-order chi connectivity index (χ0) is 14.9. The standard InChI is InChI=1S/C17H15NO3/c1-20-16-9-3-2-6-14(16)7-4-12-18-17(19)11-10-15-8-5-13-21-15/h2-3,5-6,8-11,13H,12H2,1H3,(H,18,19)/b11-10+.